The van der Waals surface area contributed by atoms with Crippen LogP contribution < -0.4 is 0 Å². The smallest absolute Gasteiger partial charge is 0.257 e. The summed E-state index contributed by atoms with van der Waals surface area (Å²) in [6, 6.07) is 2.86. The zero-order valence-electron chi connectivity index (χ0n) is 12.3. The van der Waals surface area contributed by atoms with E-state index in [9.17, 15) is 4.79 Å². The molecule has 0 aromatic carbocycles. The van der Waals surface area contributed by atoms with Gasteiger partial charge in [-0.15, -0.1) is 0 Å². The lowest BCUT2D eigenvalue weighted by Crippen LogP contribution is -2.67. The second-order valence-electron chi connectivity index (χ2n) is 5.99. The van der Waals surface area contributed by atoms with Gasteiger partial charge in [0.1, 0.15) is 5.76 Å². The van der Waals surface area contributed by atoms with Crippen molar-refractivity contribution in [2.24, 2.45) is 0 Å². The minimum absolute atomic E-state index is 0.0801. The van der Waals surface area contributed by atoms with Gasteiger partial charge < -0.3 is 14.1 Å². The summed E-state index contributed by atoms with van der Waals surface area (Å²) >= 11 is 0. The molecule has 0 unspecified atom stereocenters. The van der Waals surface area contributed by atoms with E-state index < -0.39 is 0 Å². The highest BCUT2D eigenvalue weighted by Crippen LogP contribution is 2.25. The fourth-order valence-corrected chi connectivity index (χ4v) is 3.47. The molecule has 1 amide bonds. The molecule has 1 aromatic heterocycles. The van der Waals surface area contributed by atoms with Crippen LogP contribution in [0.25, 0.3) is 0 Å². The van der Waals surface area contributed by atoms with Crippen molar-refractivity contribution >= 4 is 5.91 Å². The third kappa shape index (κ3) is 2.25. The highest BCUT2D eigenvalue weighted by Gasteiger charge is 2.41. The molecular formula is C15H22N2O3. The molecule has 3 rings (SSSR count). The average molecular weight is 278 g/mol. The molecule has 2 atom stereocenters. The Labute approximate surface area is 119 Å². The first-order valence-electron chi connectivity index (χ1n) is 7.26. The maximum Gasteiger partial charge on any atom is 0.257 e. The van der Waals surface area contributed by atoms with Crippen LogP contribution in [-0.2, 0) is 4.74 Å². The van der Waals surface area contributed by atoms with Crippen molar-refractivity contribution in [1.82, 2.24) is 9.80 Å². The van der Waals surface area contributed by atoms with Crippen molar-refractivity contribution in [3.63, 3.8) is 0 Å². The number of hydrogen-bond donors (Lipinski definition) is 0. The van der Waals surface area contributed by atoms with Crippen molar-refractivity contribution < 1.29 is 13.9 Å². The highest BCUT2D eigenvalue weighted by molar-refractivity contribution is 5.95. The van der Waals surface area contributed by atoms with E-state index in [1.54, 1.807) is 12.3 Å². The number of ether oxygens (including phenoxy) is 1. The van der Waals surface area contributed by atoms with E-state index in [0.29, 0.717) is 42.7 Å². The van der Waals surface area contributed by atoms with Crippen molar-refractivity contribution in [3.8, 4) is 0 Å². The molecule has 5 nitrogen and oxygen atoms in total. The third-order valence-electron chi connectivity index (χ3n) is 4.30. The van der Waals surface area contributed by atoms with Gasteiger partial charge in [0, 0.05) is 19.1 Å². The summed E-state index contributed by atoms with van der Waals surface area (Å²) in [5, 5.41) is 0. The fraction of sp³-hybridized carbons (Fsp3) is 0.667. The number of furan rings is 1. The number of aryl methyl sites for hydroxylation is 1. The Hall–Kier alpha value is -1.33. The van der Waals surface area contributed by atoms with Crippen LogP contribution >= 0.6 is 0 Å². The quantitative estimate of drug-likeness (QED) is 0.823. The zero-order valence-corrected chi connectivity index (χ0v) is 12.3. The second-order valence-corrected chi connectivity index (χ2v) is 5.99. The predicted octanol–water partition coefficient (Wildman–Crippen LogP) is 1.52. The number of morpholine rings is 1. The van der Waals surface area contributed by atoms with Gasteiger partial charge in [-0.3, -0.25) is 9.69 Å². The van der Waals surface area contributed by atoms with Gasteiger partial charge in [-0.05, 0) is 26.8 Å². The van der Waals surface area contributed by atoms with Crippen LogP contribution in [-0.4, -0.2) is 60.1 Å². The first-order chi connectivity index (χ1) is 9.58. The van der Waals surface area contributed by atoms with E-state index >= 15 is 0 Å². The Balaban J connectivity index is 1.78. The predicted molar refractivity (Wildman–Crippen MR) is 74.7 cm³/mol. The summed E-state index contributed by atoms with van der Waals surface area (Å²) in [7, 11) is 0. The van der Waals surface area contributed by atoms with Gasteiger partial charge in [0.05, 0.1) is 37.1 Å². The lowest BCUT2D eigenvalue weighted by atomic mass is 10.0. The minimum Gasteiger partial charge on any atom is -0.469 e. The summed E-state index contributed by atoms with van der Waals surface area (Å²) in [5.74, 6) is 0.777. The number of carbonyl (C=O) groups is 1. The maximum absolute atomic E-state index is 12.6. The van der Waals surface area contributed by atoms with Gasteiger partial charge in [-0.25, -0.2) is 0 Å². The van der Waals surface area contributed by atoms with Gasteiger partial charge in [0.25, 0.3) is 5.91 Å². The van der Waals surface area contributed by atoms with Gasteiger partial charge in [-0.1, -0.05) is 0 Å². The first kappa shape index (κ1) is 13.6. The van der Waals surface area contributed by atoms with E-state index in [1.165, 1.54) is 0 Å². The Kier molecular flexibility index (Phi) is 3.56. The number of amides is 1. The summed E-state index contributed by atoms with van der Waals surface area (Å²) in [6.07, 6.45) is 1.58. The fourth-order valence-electron chi connectivity index (χ4n) is 3.47. The average Bonchev–Trinajstić information content (AvgIpc) is 2.82. The zero-order chi connectivity index (χ0) is 14.3. The Morgan fingerprint density at radius 2 is 1.95 bits per heavy atom. The minimum atomic E-state index is 0.0801. The van der Waals surface area contributed by atoms with Gasteiger partial charge >= 0.3 is 0 Å². The van der Waals surface area contributed by atoms with E-state index in [0.717, 1.165) is 13.1 Å². The SMILES string of the molecule is Cc1occc1C(=O)N1C[C@H]2COC[C@@H](C1)N2C(C)C. The Morgan fingerprint density at radius 1 is 1.30 bits per heavy atom. The van der Waals surface area contributed by atoms with Gasteiger partial charge in [0.2, 0.25) is 0 Å². The Morgan fingerprint density at radius 3 is 2.45 bits per heavy atom. The van der Waals surface area contributed by atoms with Crippen LogP contribution in [0.15, 0.2) is 16.7 Å². The maximum atomic E-state index is 12.6. The molecule has 1 aromatic rings. The standard InChI is InChI=1S/C15H22N2O3/c1-10(2)17-12-6-16(7-13(17)9-19-8-12)15(18)14-4-5-20-11(14)3/h4-5,10,12-13H,6-9H2,1-3H3/t12-,13+. The van der Waals surface area contributed by atoms with E-state index in [1.807, 2.05) is 11.8 Å². The molecule has 2 aliphatic rings. The second kappa shape index (κ2) is 5.22. The lowest BCUT2D eigenvalue weighted by molar-refractivity contribution is -0.102. The van der Waals surface area contributed by atoms with Crippen LogP contribution in [0, 0.1) is 6.92 Å². The summed E-state index contributed by atoms with van der Waals surface area (Å²) < 4.78 is 10.9. The monoisotopic (exact) mass is 278 g/mol. The molecule has 5 heteroatoms. The number of nitrogens with zero attached hydrogens (tertiary/aromatic N) is 2. The van der Waals surface area contributed by atoms with Crippen molar-refractivity contribution in [2.75, 3.05) is 26.3 Å². The largest absolute Gasteiger partial charge is 0.469 e. The molecule has 0 spiro atoms. The van der Waals surface area contributed by atoms with Crippen LogP contribution in [0.5, 0.6) is 0 Å². The van der Waals surface area contributed by atoms with E-state index in [4.69, 9.17) is 9.15 Å². The number of hydrogen-bond acceptors (Lipinski definition) is 4. The number of fused-ring (bicyclic) bond motifs is 2. The third-order valence-corrected chi connectivity index (χ3v) is 4.30. The molecular weight excluding hydrogens is 256 g/mol. The van der Waals surface area contributed by atoms with E-state index in [-0.39, 0.29) is 5.91 Å². The molecule has 0 aliphatic carbocycles. The topological polar surface area (TPSA) is 45.9 Å². The van der Waals surface area contributed by atoms with Crippen molar-refractivity contribution in [3.05, 3.63) is 23.7 Å². The molecule has 110 valence electrons. The summed E-state index contributed by atoms with van der Waals surface area (Å²) in [4.78, 5) is 17.0. The molecule has 0 N–H and O–H groups in total. The molecule has 3 heterocycles. The molecule has 2 bridgehead atoms. The van der Waals surface area contributed by atoms with Gasteiger partial charge in [0.15, 0.2) is 0 Å². The van der Waals surface area contributed by atoms with Crippen LogP contribution in [0.4, 0.5) is 0 Å². The Bertz CT molecular complexity index is 483. The normalized spacial score (nSPS) is 27.1. The lowest BCUT2D eigenvalue weighted by Gasteiger charge is -2.51. The molecule has 2 fully saturated rings. The number of rotatable bonds is 2. The molecule has 0 saturated carbocycles. The number of piperazine rings is 1. The summed E-state index contributed by atoms with van der Waals surface area (Å²) in [6.45, 7) is 9.15. The van der Waals surface area contributed by atoms with Crippen molar-refractivity contribution in [1.29, 1.82) is 0 Å². The molecule has 2 saturated heterocycles. The summed E-state index contributed by atoms with van der Waals surface area (Å²) in [5.41, 5.74) is 0.682. The van der Waals surface area contributed by atoms with Crippen LogP contribution in [0.1, 0.15) is 30.0 Å². The number of carbonyl (C=O) groups excluding carboxylic acids is 1. The van der Waals surface area contributed by atoms with Crippen molar-refractivity contribution in [2.45, 2.75) is 38.9 Å². The molecule has 2 aliphatic heterocycles. The van der Waals surface area contributed by atoms with Crippen LogP contribution in [0.2, 0.25) is 0 Å². The van der Waals surface area contributed by atoms with Crippen LogP contribution in [0.3, 0.4) is 0 Å². The first-order valence-corrected chi connectivity index (χ1v) is 7.26. The molecule has 20 heavy (non-hydrogen) atoms. The van der Waals surface area contributed by atoms with Gasteiger partial charge in [-0.2, -0.15) is 0 Å². The van der Waals surface area contributed by atoms with E-state index in [2.05, 4.69) is 18.7 Å². The molecule has 0 radical (unpaired) electrons. The highest BCUT2D eigenvalue weighted by atomic mass is 16.5.